The van der Waals surface area contributed by atoms with Crippen molar-refractivity contribution in [1.29, 1.82) is 0 Å². The lowest BCUT2D eigenvalue weighted by molar-refractivity contribution is 0.0369. The summed E-state index contributed by atoms with van der Waals surface area (Å²) in [7, 11) is 0. The number of hydrogen-bond acceptors (Lipinski definition) is 4. The fourth-order valence-corrected chi connectivity index (χ4v) is 2.85. The molecular weight excluding hydrogens is 274 g/mol. The Hall–Kier alpha value is -1.36. The lowest BCUT2D eigenvalue weighted by atomic mass is 10.1. The summed E-state index contributed by atoms with van der Waals surface area (Å²) >= 11 is 6.03. The van der Waals surface area contributed by atoms with Gasteiger partial charge in [0.15, 0.2) is 0 Å². The van der Waals surface area contributed by atoms with Crippen LogP contribution in [0.1, 0.15) is 6.42 Å². The van der Waals surface area contributed by atoms with Gasteiger partial charge in [0.1, 0.15) is 0 Å². The van der Waals surface area contributed by atoms with Crippen LogP contribution < -0.4 is 10.6 Å². The first-order chi connectivity index (χ1) is 9.78. The van der Waals surface area contributed by atoms with Crippen molar-refractivity contribution in [2.24, 2.45) is 5.73 Å². The van der Waals surface area contributed by atoms with Crippen LogP contribution in [0.15, 0.2) is 30.5 Å². The maximum absolute atomic E-state index is 6.03. The molecule has 0 radical (unpaired) electrons. The fourth-order valence-electron chi connectivity index (χ4n) is 2.68. The van der Waals surface area contributed by atoms with Crippen molar-refractivity contribution in [2.45, 2.75) is 12.5 Å². The number of anilines is 1. The number of halogens is 1. The van der Waals surface area contributed by atoms with Crippen molar-refractivity contribution in [3.63, 3.8) is 0 Å². The Bertz CT molecular complexity index is 603. The summed E-state index contributed by atoms with van der Waals surface area (Å²) in [6.07, 6.45) is 2.94. The van der Waals surface area contributed by atoms with Crippen LogP contribution in [0.3, 0.4) is 0 Å². The van der Waals surface area contributed by atoms with Gasteiger partial charge in [-0.1, -0.05) is 11.6 Å². The molecule has 20 heavy (non-hydrogen) atoms. The standard InChI is InChI=1S/C15H18ClN3O/c16-11-1-2-13-14(9-11)18-6-4-15(13)19-7-8-20-12(10-19)3-5-17/h1-2,4,6,9,12H,3,5,7-8,10,17H2. The predicted octanol–water partition coefficient (Wildman–Crippen LogP) is 2.44. The molecule has 1 aliphatic rings. The number of pyridine rings is 1. The van der Waals surface area contributed by atoms with Gasteiger partial charge in [-0.3, -0.25) is 4.98 Å². The van der Waals surface area contributed by atoms with Gasteiger partial charge in [0.25, 0.3) is 0 Å². The van der Waals surface area contributed by atoms with Crippen LogP contribution in [0.4, 0.5) is 5.69 Å². The van der Waals surface area contributed by atoms with Gasteiger partial charge >= 0.3 is 0 Å². The molecule has 1 atom stereocenters. The highest BCUT2D eigenvalue weighted by Gasteiger charge is 2.21. The van der Waals surface area contributed by atoms with Crippen molar-refractivity contribution >= 4 is 28.2 Å². The molecule has 1 unspecified atom stereocenters. The first-order valence-electron chi connectivity index (χ1n) is 6.89. The molecule has 2 heterocycles. The summed E-state index contributed by atoms with van der Waals surface area (Å²) in [5.41, 5.74) is 7.75. The van der Waals surface area contributed by atoms with Crippen LogP contribution in [-0.2, 0) is 4.74 Å². The maximum atomic E-state index is 6.03. The SMILES string of the molecule is NCCC1CN(c2ccnc3cc(Cl)ccc23)CCO1. The van der Waals surface area contributed by atoms with E-state index in [-0.39, 0.29) is 6.10 Å². The van der Waals surface area contributed by atoms with Crippen molar-refractivity contribution in [3.05, 3.63) is 35.5 Å². The predicted molar refractivity (Wildman–Crippen MR) is 82.4 cm³/mol. The van der Waals surface area contributed by atoms with E-state index < -0.39 is 0 Å². The van der Waals surface area contributed by atoms with E-state index in [4.69, 9.17) is 22.1 Å². The minimum Gasteiger partial charge on any atom is -0.374 e. The molecule has 1 fully saturated rings. The third-order valence-electron chi connectivity index (χ3n) is 3.65. The maximum Gasteiger partial charge on any atom is 0.0762 e. The lowest BCUT2D eigenvalue weighted by Crippen LogP contribution is -2.43. The van der Waals surface area contributed by atoms with Crippen molar-refractivity contribution < 1.29 is 4.74 Å². The molecule has 0 aliphatic carbocycles. The zero-order chi connectivity index (χ0) is 13.9. The zero-order valence-corrected chi connectivity index (χ0v) is 12.0. The van der Waals surface area contributed by atoms with Crippen LogP contribution in [-0.4, -0.2) is 37.3 Å². The van der Waals surface area contributed by atoms with Crippen molar-refractivity contribution in [2.75, 3.05) is 31.1 Å². The number of ether oxygens (including phenoxy) is 1. The average Bonchev–Trinajstić information content (AvgIpc) is 2.47. The number of aromatic nitrogens is 1. The second-order valence-electron chi connectivity index (χ2n) is 5.01. The number of fused-ring (bicyclic) bond motifs is 1. The Morgan fingerprint density at radius 1 is 1.40 bits per heavy atom. The summed E-state index contributed by atoms with van der Waals surface area (Å²) < 4.78 is 5.74. The molecule has 4 nitrogen and oxygen atoms in total. The normalized spacial score (nSPS) is 19.5. The number of rotatable bonds is 3. The third-order valence-corrected chi connectivity index (χ3v) is 3.88. The Balaban J connectivity index is 1.93. The summed E-state index contributed by atoms with van der Waals surface area (Å²) in [5, 5.41) is 1.84. The number of morpholine rings is 1. The molecule has 0 saturated carbocycles. The first-order valence-corrected chi connectivity index (χ1v) is 7.26. The lowest BCUT2D eigenvalue weighted by Gasteiger charge is -2.35. The summed E-state index contributed by atoms with van der Waals surface area (Å²) in [6.45, 7) is 3.16. The molecule has 3 rings (SSSR count). The third kappa shape index (κ3) is 2.73. The van der Waals surface area contributed by atoms with Crippen LogP contribution in [0.2, 0.25) is 5.02 Å². The Morgan fingerprint density at radius 3 is 3.15 bits per heavy atom. The van der Waals surface area contributed by atoms with Gasteiger partial charge in [-0.05, 0) is 37.2 Å². The highest BCUT2D eigenvalue weighted by molar-refractivity contribution is 6.31. The number of nitrogens with two attached hydrogens (primary N) is 1. The molecule has 1 saturated heterocycles. The summed E-state index contributed by atoms with van der Waals surface area (Å²) in [4.78, 5) is 6.74. The minimum atomic E-state index is 0.212. The van der Waals surface area contributed by atoms with Crippen LogP contribution in [0.5, 0.6) is 0 Å². The van der Waals surface area contributed by atoms with E-state index in [1.165, 1.54) is 5.69 Å². The minimum absolute atomic E-state index is 0.212. The Labute approximate surface area is 123 Å². The Kier molecular flexibility index (Phi) is 4.05. The molecular formula is C15H18ClN3O. The zero-order valence-electron chi connectivity index (χ0n) is 11.3. The van der Waals surface area contributed by atoms with Gasteiger partial charge in [0.2, 0.25) is 0 Å². The smallest absolute Gasteiger partial charge is 0.0762 e. The van der Waals surface area contributed by atoms with E-state index in [0.29, 0.717) is 11.6 Å². The second kappa shape index (κ2) is 5.95. The molecule has 5 heteroatoms. The summed E-state index contributed by atoms with van der Waals surface area (Å²) in [6, 6.07) is 7.90. The molecule has 0 spiro atoms. The van der Waals surface area contributed by atoms with E-state index in [0.717, 1.165) is 37.0 Å². The van der Waals surface area contributed by atoms with Gasteiger partial charge in [0.05, 0.1) is 18.2 Å². The quantitative estimate of drug-likeness (QED) is 0.944. The molecule has 0 bridgehead atoms. The van der Waals surface area contributed by atoms with Gasteiger partial charge in [-0.25, -0.2) is 0 Å². The van der Waals surface area contributed by atoms with Crippen molar-refractivity contribution in [1.82, 2.24) is 4.98 Å². The monoisotopic (exact) mass is 291 g/mol. The molecule has 106 valence electrons. The Morgan fingerprint density at radius 2 is 2.30 bits per heavy atom. The van der Waals surface area contributed by atoms with Gasteiger partial charge in [-0.15, -0.1) is 0 Å². The van der Waals surface area contributed by atoms with E-state index >= 15 is 0 Å². The van der Waals surface area contributed by atoms with E-state index in [1.807, 2.05) is 24.4 Å². The van der Waals surface area contributed by atoms with Crippen LogP contribution in [0, 0.1) is 0 Å². The van der Waals surface area contributed by atoms with Crippen LogP contribution >= 0.6 is 11.6 Å². The highest BCUT2D eigenvalue weighted by Crippen LogP contribution is 2.28. The average molecular weight is 292 g/mol. The largest absolute Gasteiger partial charge is 0.374 e. The topological polar surface area (TPSA) is 51.4 Å². The second-order valence-corrected chi connectivity index (χ2v) is 5.44. The molecule has 2 N–H and O–H groups in total. The first kappa shape index (κ1) is 13.6. The molecule has 0 amide bonds. The van der Waals surface area contributed by atoms with E-state index in [2.05, 4.69) is 16.0 Å². The van der Waals surface area contributed by atoms with Gasteiger partial charge in [-0.2, -0.15) is 0 Å². The van der Waals surface area contributed by atoms with E-state index in [1.54, 1.807) is 0 Å². The fraction of sp³-hybridized carbons (Fsp3) is 0.400. The molecule has 1 aliphatic heterocycles. The van der Waals surface area contributed by atoms with E-state index in [9.17, 15) is 0 Å². The van der Waals surface area contributed by atoms with Crippen LogP contribution in [0.25, 0.3) is 10.9 Å². The number of hydrogen-bond donors (Lipinski definition) is 1. The molecule has 1 aromatic heterocycles. The highest BCUT2D eigenvalue weighted by atomic mass is 35.5. The molecule has 1 aromatic carbocycles. The number of nitrogens with zero attached hydrogens (tertiary/aromatic N) is 2. The van der Waals surface area contributed by atoms with Crippen molar-refractivity contribution in [3.8, 4) is 0 Å². The summed E-state index contributed by atoms with van der Waals surface area (Å²) in [5.74, 6) is 0. The van der Waals surface area contributed by atoms with Gasteiger partial charge in [0, 0.05) is 35.4 Å². The van der Waals surface area contributed by atoms with Gasteiger partial charge < -0.3 is 15.4 Å². The molecule has 2 aromatic rings. The number of benzene rings is 1.